The van der Waals surface area contributed by atoms with Gasteiger partial charge in [-0.3, -0.25) is 9.36 Å². The number of anilines is 1. The Morgan fingerprint density at radius 3 is 2.32 bits per heavy atom. The van der Waals surface area contributed by atoms with Gasteiger partial charge in [0.1, 0.15) is 5.75 Å². The van der Waals surface area contributed by atoms with Crippen LogP contribution in [0.4, 0.5) is 5.69 Å². The summed E-state index contributed by atoms with van der Waals surface area (Å²) in [5, 5.41) is 0. The van der Waals surface area contributed by atoms with Crippen molar-refractivity contribution >= 4 is 29.1 Å². The zero-order valence-electron chi connectivity index (χ0n) is 22.9. The van der Waals surface area contributed by atoms with E-state index in [1.807, 2.05) is 49.4 Å². The van der Waals surface area contributed by atoms with E-state index in [1.54, 1.807) is 25.3 Å². The minimum atomic E-state index is -0.652. The van der Waals surface area contributed by atoms with Crippen LogP contribution in [0.1, 0.15) is 58.7 Å². The van der Waals surface area contributed by atoms with Crippen molar-refractivity contribution in [3.63, 3.8) is 0 Å². The third kappa shape index (κ3) is 5.60. The molecule has 0 bridgehead atoms. The van der Waals surface area contributed by atoms with Crippen LogP contribution in [-0.2, 0) is 9.53 Å². The van der Waals surface area contributed by atoms with E-state index in [0.29, 0.717) is 27.2 Å². The van der Waals surface area contributed by atoms with Gasteiger partial charge < -0.3 is 14.4 Å². The van der Waals surface area contributed by atoms with E-state index >= 15 is 0 Å². The third-order valence-corrected chi connectivity index (χ3v) is 7.39. The number of allylic oxidation sites excluding steroid dienone is 1. The summed E-state index contributed by atoms with van der Waals surface area (Å²) in [5.74, 6) is 0.255. The van der Waals surface area contributed by atoms with E-state index < -0.39 is 12.0 Å². The maximum Gasteiger partial charge on any atom is 0.338 e. The Bertz CT molecular complexity index is 1490. The number of aromatic nitrogens is 1. The molecule has 4 rings (SSSR count). The SMILES string of the molecule is CCOc1ccc([C@@H]2C(C(=O)OC(C)C)=C(C)N=c3s/c(=C/c4ccc(N(CC)CC)cc4)c(=O)n32)cc1. The summed E-state index contributed by atoms with van der Waals surface area (Å²) in [7, 11) is 0. The van der Waals surface area contributed by atoms with Gasteiger partial charge in [-0.25, -0.2) is 9.79 Å². The highest BCUT2D eigenvalue weighted by molar-refractivity contribution is 7.07. The Morgan fingerprint density at radius 1 is 1.08 bits per heavy atom. The first-order chi connectivity index (χ1) is 18.3. The number of fused-ring (bicyclic) bond motifs is 1. The molecule has 3 aromatic rings. The molecule has 1 atom stereocenters. The van der Waals surface area contributed by atoms with Crippen molar-refractivity contribution in [3.05, 3.63) is 90.6 Å². The molecule has 2 aromatic carbocycles. The van der Waals surface area contributed by atoms with Gasteiger partial charge in [-0.2, -0.15) is 0 Å². The Kier molecular flexibility index (Phi) is 8.52. The molecule has 0 saturated heterocycles. The van der Waals surface area contributed by atoms with Gasteiger partial charge in [-0.05, 0) is 83.0 Å². The summed E-state index contributed by atoms with van der Waals surface area (Å²) < 4.78 is 13.3. The van der Waals surface area contributed by atoms with E-state index in [4.69, 9.17) is 9.47 Å². The van der Waals surface area contributed by atoms with E-state index in [2.05, 4.69) is 35.9 Å². The van der Waals surface area contributed by atoms with Gasteiger partial charge >= 0.3 is 5.97 Å². The highest BCUT2D eigenvalue weighted by Crippen LogP contribution is 2.32. The minimum absolute atomic E-state index is 0.192. The predicted molar refractivity (Wildman–Crippen MR) is 153 cm³/mol. The van der Waals surface area contributed by atoms with Crippen molar-refractivity contribution in [2.45, 2.75) is 53.7 Å². The van der Waals surface area contributed by atoms with Crippen molar-refractivity contribution in [2.24, 2.45) is 4.99 Å². The molecule has 1 aliphatic heterocycles. The van der Waals surface area contributed by atoms with Crippen molar-refractivity contribution in [2.75, 3.05) is 24.6 Å². The van der Waals surface area contributed by atoms with Crippen molar-refractivity contribution < 1.29 is 14.3 Å². The lowest BCUT2D eigenvalue weighted by Crippen LogP contribution is -2.40. The number of nitrogens with zero attached hydrogens (tertiary/aromatic N) is 3. The number of carbonyl (C=O) groups is 1. The minimum Gasteiger partial charge on any atom is -0.494 e. The van der Waals surface area contributed by atoms with Crippen LogP contribution in [0.2, 0.25) is 0 Å². The van der Waals surface area contributed by atoms with Crippen LogP contribution in [0.25, 0.3) is 6.08 Å². The Hall–Kier alpha value is -3.65. The van der Waals surface area contributed by atoms with Crippen LogP contribution in [0.15, 0.2) is 69.6 Å². The van der Waals surface area contributed by atoms with Crippen molar-refractivity contribution in [3.8, 4) is 5.75 Å². The lowest BCUT2D eigenvalue weighted by molar-refractivity contribution is -0.143. The maximum absolute atomic E-state index is 13.8. The highest BCUT2D eigenvalue weighted by Gasteiger charge is 2.33. The highest BCUT2D eigenvalue weighted by atomic mass is 32.1. The number of thiazole rings is 1. The second-order valence-corrected chi connectivity index (χ2v) is 10.3. The van der Waals surface area contributed by atoms with Gasteiger partial charge in [-0.1, -0.05) is 35.6 Å². The molecule has 0 fully saturated rings. The van der Waals surface area contributed by atoms with E-state index in [9.17, 15) is 9.59 Å². The second kappa shape index (κ2) is 11.8. The number of benzene rings is 2. The molecule has 0 aliphatic carbocycles. The smallest absolute Gasteiger partial charge is 0.338 e. The number of esters is 1. The van der Waals surface area contributed by atoms with Gasteiger partial charge in [0.05, 0.1) is 34.6 Å². The lowest BCUT2D eigenvalue weighted by atomic mass is 9.96. The number of rotatable bonds is 9. The summed E-state index contributed by atoms with van der Waals surface area (Å²) in [6.45, 7) is 14.0. The molecule has 7 nitrogen and oxygen atoms in total. The largest absolute Gasteiger partial charge is 0.494 e. The van der Waals surface area contributed by atoms with Crippen LogP contribution < -0.4 is 24.5 Å². The molecule has 0 radical (unpaired) electrons. The molecule has 0 unspecified atom stereocenters. The molecule has 8 heteroatoms. The van der Waals surface area contributed by atoms with Crippen molar-refractivity contribution in [1.82, 2.24) is 4.57 Å². The summed E-state index contributed by atoms with van der Waals surface area (Å²) in [6.07, 6.45) is 1.59. The van der Waals surface area contributed by atoms with E-state index in [0.717, 1.165) is 35.7 Å². The first-order valence-corrected chi connectivity index (χ1v) is 13.9. The quantitative estimate of drug-likeness (QED) is 0.381. The lowest BCUT2D eigenvalue weighted by Gasteiger charge is -2.25. The average molecular weight is 534 g/mol. The molecular weight excluding hydrogens is 498 g/mol. The Morgan fingerprint density at radius 2 is 1.74 bits per heavy atom. The predicted octanol–water partition coefficient (Wildman–Crippen LogP) is 4.43. The monoisotopic (exact) mass is 533 g/mol. The molecule has 38 heavy (non-hydrogen) atoms. The molecule has 1 aromatic heterocycles. The van der Waals surface area contributed by atoms with Crippen LogP contribution in [-0.4, -0.2) is 36.3 Å². The zero-order chi connectivity index (χ0) is 27.4. The summed E-state index contributed by atoms with van der Waals surface area (Å²) in [6, 6.07) is 15.0. The van der Waals surface area contributed by atoms with Crippen LogP contribution >= 0.6 is 11.3 Å². The Balaban J connectivity index is 1.83. The topological polar surface area (TPSA) is 73.1 Å². The fraction of sp³-hybridized carbons (Fsp3) is 0.367. The maximum atomic E-state index is 13.8. The van der Waals surface area contributed by atoms with Crippen LogP contribution in [0, 0.1) is 0 Å². The molecule has 0 spiro atoms. The first kappa shape index (κ1) is 27.4. The summed E-state index contributed by atoms with van der Waals surface area (Å²) in [4.78, 5) is 34.5. The third-order valence-electron chi connectivity index (χ3n) is 6.41. The fourth-order valence-electron chi connectivity index (χ4n) is 4.61. The molecule has 0 saturated carbocycles. The number of hydrogen-bond donors (Lipinski definition) is 0. The molecule has 0 amide bonds. The van der Waals surface area contributed by atoms with Gasteiger partial charge in [0.2, 0.25) is 0 Å². The van der Waals surface area contributed by atoms with Gasteiger partial charge in [0.15, 0.2) is 4.80 Å². The standard InChI is InChI=1S/C30H35N3O4S/c1-7-32(8-2)23-14-10-21(11-15-23)18-25-28(34)33-27(22-12-16-24(17-13-22)36-9-3)26(29(35)37-19(4)5)20(6)31-30(33)38-25/h10-19,27H,7-9H2,1-6H3/b25-18+/t27-/m1/s1. The zero-order valence-corrected chi connectivity index (χ0v) is 23.7. The van der Waals surface area contributed by atoms with E-state index in [-0.39, 0.29) is 11.7 Å². The summed E-state index contributed by atoms with van der Waals surface area (Å²) >= 11 is 1.32. The molecule has 0 N–H and O–H groups in total. The van der Waals surface area contributed by atoms with Gasteiger partial charge in [0, 0.05) is 18.8 Å². The number of hydrogen-bond acceptors (Lipinski definition) is 7. The molecule has 1 aliphatic rings. The normalized spacial score (nSPS) is 15.3. The van der Waals surface area contributed by atoms with Crippen LogP contribution in [0.3, 0.4) is 0 Å². The van der Waals surface area contributed by atoms with Crippen molar-refractivity contribution in [1.29, 1.82) is 0 Å². The molecular formula is C30H35N3O4S. The fourth-order valence-corrected chi connectivity index (χ4v) is 5.66. The van der Waals surface area contributed by atoms with Gasteiger partial charge in [0.25, 0.3) is 5.56 Å². The van der Waals surface area contributed by atoms with Crippen LogP contribution in [0.5, 0.6) is 5.75 Å². The molecule has 200 valence electrons. The number of ether oxygens (including phenoxy) is 2. The van der Waals surface area contributed by atoms with Gasteiger partial charge in [-0.15, -0.1) is 0 Å². The summed E-state index contributed by atoms with van der Waals surface area (Å²) in [5.41, 5.74) is 3.58. The Labute approximate surface area is 227 Å². The number of carbonyl (C=O) groups excluding carboxylic acids is 1. The average Bonchev–Trinajstić information content (AvgIpc) is 3.19. The second-order valence-electron chi connectivity index (χ2n) is 9.30. The first-order valence-electron chi connectivity index (χ1n) is 13.1. The van der Waals surface area contributed by atoms with E-state index in [1.165, 1.54) is 11.3 Å². The molecule has 2 heterocycles.